The third kappa shape index (κ3) is 7.57. The highest BCUT2D eigenvalue weighted by Gasteiger charge is 2.63. The SMILES string of the molecule is COC(=O)[C@H](Cc1ccc(OCc2ccccc2)c(OCc2ccccc2)c1)NC(=O)[C@](OC)(c1ccccc1)C(F)(F)F. The Morgan fingerprint density at radius 2 is 1.23 bits per heavy atom. The summed E-state index contributed by atoms with van der Waals surface area (Å²) in [5.74, 6) is -1.72. The molecule has 4 aromatic carbocycles. The van der Waals surface area contributed by atoms with Gasteiger partial charge in [0.25, 0.3) is 11.5 Å². The van der Waals surface area contributed by atoms with Crippen molar-refractivity contribution in [3.8, 4) is 11.5 Å². The van der Waals surface area contributed by atoms with Crippen molar-refractivity contribution < 1.29 is 41.7 Å². The molecule has 0 aliphatic rings. The summed E-state index contributed by atoms with van der Waals surface area (Å²) in [5.41, 5.74) is -1.49. The van der Waals surface area contributed by atoms with Gasteiger partial charge < -0.3 is 24.3 Å². The smallest absolute Gasteiger partial charge is 0.430 e. The maximum Gasteiger partial charge on any atom is 0.430 e. The first-order chi connectivity index (χ1) is 21.2. The van der Waals surface area contributed by atoms with E-state index in [4.69, 9.17) is 18.9 Å². The third-order valence-corrected chi connectivity index (χ3v) is 6.92. The van der Waals surface area contributed by atoms with E-state index < -0.39 is 35.3 Å². The predicted molar refractivity (Wildman–Crippen MR) is 157 cm³/mol. The number of nitrogens with one attached hydrogen (secondary N) is 1. The first-order valence-electron chi connectivity index (χ1n) is 13.7. The summed E-state index contributed by atoms with van der Waals surface area (Å²) in [5, 5.41) is 2.22. The predicted octanol–water partition coefficient (Wildman–Crippen LogP) is 6.15. The van der Waals surface area contributed by atoms with Crippen LogP contribution in [0.3, 0.4) is 0 Å². The van der Waals surface area contributed by atoms with E-state index in [-0.39, 0.29) is 19.6 Å². The monoisotopic (exact) mass is 607 g/mol. The fourth-order valence-corrected chi connectivity index (χ4v) is 4.64. The number of esters is 1. The zero-order chi connectivity index (χ0) is 31.6. The van der Waals surface area contributed by atoms with Crippen molar-refractivity contribution in [3.63, 3.8) is 0 Å². The van der Waals surface area contributed by atoms with Crippen LogP contribution in [0, 0.1) is 0 Å². The summed E-state index contributed by atoms with van der Waals surface area (Å²) in [4.78, 5) is 26.1. The van der Waals surface area contributed by atoms with Crippen LogP contribution in [0.5, 0.6) is 11.5 Å². The Balaban J connectivity index is 1.61. The van der Waals surface area contributed by atoms with Crippen molar-refractivity contribution in [2.45, 2.75) is 37.5 Å². The van der Waals surface area contributed by atoms with Crippen molar-refractivity contribution in [2.24, 2.45) is 0 Å². The van der Waals surface area contributed by atoms with Crippen LogP contribution < -0.4 is 14.8 Å². The standard InChI is InChI=1S/C34H32F3NO6/c1-41-31(39)28(38-32(40)33(42-2,34(35,36)37)27-16-10-5-11-17-27)20-26-18-19-29(43-22-24-12-6-3-7-13-24)30(21-26)44-23-25-14-8-4-9-15-25/h3-19,21,28H,20,22-23H2,1-2H3,(H,38,40)/t28-,33+/m0/s1. The molecule has 0 fully saturated rings. The topological polar surface area (TPSA) is 83.1 Å². The van der Waals surface area contributed by atoms with Gasteiger partial charge in [0, 0.05) is 19.1 Å². The number of carbonyl (C=O) groups excluding carboxylic acids is 2. The van der Waals surface area contributed by atoms with E-state index in [0.717, 1.165) is 37.5 Å². The number of amides is 1. The van der Waals surface area contributed by atoms with Gasteiger partial charge in [-0.05, 0) is 28.8 Å². The number of carbonyl (C=O) groups is 2. The molecule has 0 radical (unpaired) electrons. The van der Waals surface area contributed by atoms with E-state index >= 15 is 0 Å². The Labute approximate surface area is 253 Å². The van der Waals surface area contributed by atoms with Crippen molar-refractivity contribution in [1.82, 2.24) is 5.32 Å². The number of rotatable bonds is 13. The molecule has 0 saturated heterocycles. The number of alkyl halides is 3. The largest absolute Gasteiger partial charge is 0.485 e. The van der Waals surface area contributed by atoms with Gasteiger partial charge in [-0.25, -0.2) is 4.79 Å². The lowest BCUT2D eigenvalue weighted by Crippen LogP contribution is -2.59. The molecule has 0 heterocycles. The number of hydrogen-bond acceptors (Lipinski definition) is 6. The van der Waals surface area contributed by atoms with Gasteiger partial charge in [0.15, 0.2) is 11.5 Å². The molecule has 7 nitrogen and oxygen atoms in total. The number of ether oxygens (including phenoxy) is 4. The van der Waals surface area contributed by atoms with Gasteiger partial charge in [0.2, 0.25) is 0 Å². The van der Waals surface area contributed by atoms with Crippen molar-refractivity contribution in [1.29, 1.82) is 0 Å². The normalized spacial score (nSPS) is 13.3. The van der Waals surface area contributed by atoms with Gasteiger partial charge >= 0.3 is 12.1 Å². The molecule has 1 N–H and O–H groups in total. The lowest BCUT2D eigenvalue weighted by molar-refractivity contribution is -0.266. The second-order valence-corrected chi connectivity index (χ2v) is 9.83. The van der Waals surface area contributed by atoms with Crippen LogP contribution in [0.25, 0.3) is 0 Å². The van der Waals surface area contributed by atoms with E-state index in [1.807, 2.05) is 60.7 Å². The Hall–Kier alpha value is -4.83. The van der Waals surface area contributed by atoms with Crippen LogP contribution in [0.4, 0.5) is 13.2 Å². The van der Waals surface area contributed by atoms with Gasteiger partial charge in [-0.2, -0.15) is 13.2 Å². The molecule has 0 aromatic heterocycles. The zero-order valence-corrected chi connectivity index (χ0v) is 24.2. The van der Waals surface area contributed by atoms with Gasteiger partial charge in [-0.3, -0.25) is 4.79 Å². The van der Waals surface area contributed by atoms with Gasteiger partial charge in [0.05, 0.1) is 7.11 Å². The van der Waals surface area contributed by atoms with E-state index in [9.17, 15) is 22.8 Å². The molecule has 0 bridgehead atoms. The molecule has 0 saturated carbocycles. The minimum absolute atomic E-state index is 0.203. The van der Waals surface area contributed by atoms with Gasteiger partial charge in [-0.15, -0.1) is 0 Å². The molecule has 0 aliphatic carbocycles. The lowest BCUT2D eigenvalue weighted by atomic mass is 9.91. The number of halogens is 3. The first kappa shape index (κ1) is 32.1. The summed E-state index contributed by atoms with van der Waals surface area (Å²) >= 11 is 0. The number of benzene rings is 4. The first-order valence-corrected chi connectivity index (χ1v) is 13.7. The maximum atomic E-state index is 14.5. The van der Waals surface area contributed by atoms with E-state index in [1.165, 1.54) is 18.2 Å². The maximum absolute atomic E-state index is 14.5. The Morgan fingerprint density at radius 3 is 1.73 bits per heavy atom. The third-order valence-electron chi connectivity index (χ3n) is 6.92. The summed E-state index contributed by atoms with van der Waals surface area (Å²) in [6.45, 7) is 0.473. The van der Waals surface area contributed by atoms with Crippen molar-refractivity contribution in [3.05, 3.63) is 131 Å². The van der Waals surface area contributed by atoms with Crippen LogP contribution >= 0.6 is 0 Å². The minimum Gasteiger partial charge on any atom is -0.485 e. The second kappa shape index (κ2) is 14.6. The second-order valence-electron chi connectivity index (χ2n) is 9.83. The zero-order valence-electron chi connectivity index (χ0n) is 24.2. The summed E-state index contributed by atoms with van der Waals surface area (Å²) < 4.78 is 65.2. The van der Waals surface area contributed by atoms with Crippen molar-refractivity contribution in [2.75, 3.05) is 14.2 Å². The molecule has 10 heteroatoms. The van der Waals surface area contributed by atoms with E-state index in [2.05, 4.69) is 5.32 Å². The highest BCUT2D eigenvalue weighted by Crippen LogP contribution is 2.42. The Bertz CT molecular complexity index is 1520. The molecule has 2 atom stereocenters. The van der Waals surface area contributed by atoms with Crippen LogP contribution in [0.1, 0.15) is 22.3 Å². The summed E-state index contributed by atoms with van der Waals surface area (Å²) in [6, 6.07) is 28.9. The average molecular weight is 608 g/mol. The average Bonchev–Trinajstić information content (AvgIpc) is 3.04. The molecule has 4 aromatic rings. The highest BCUT2D eigenvalue weighted by molar-refractivity contribution is 5.91. The molecule has 44 heavy (non-hydrogen) atoms. The van der Waals surface area contributed by atoms with Crippen LogP contribution in [0.2, 0.25) is 0 Å². The number of hydrogen-bond donors (Lipinski definition) is 1. The van der Waals surface area contributed by atoms with Gasteiger partial charge in [-0.1, -0.05) is 97.1 Å². The molecule has 0 unspecified atom stereocenters. The number of methoxy groups -OCH3 is 2. The van der Waals surface area contributed by atoms with Crippen molar-refractivity contribution >= 4 is 11.9 Å². The summed E-state index contributed by atoms with van der Waals surface area (Å²) in [6.07, 6.45) is -5.35. The van der Waals surface area contributed by atoms with E-state index in [0.29, 0.717) is 17.1 Å². The molecule has 0 spiro atoms. The fraction of sp³-hybridized carbons (Fsp3) is 0.235. The van der Waals surface area contributed by atoms with Crippen LogP contribution in [-0.4, -0.2) is 38.3 Å². The van der Waals surface area contributed by atoms with Gasteiger partial charge in [0.1, 0.15) is 19.3 Å². The molecular weight excluding hydrogens is 575 g/mol. The molecular formula is C34H32F3NO6. The fourth-order valence-electron chi connectivity index (χ4n) is 4.64. The van der Waals surface area contributed by atoms with Crippen LogP contribution in [-0.2, 0) is 44.3 Å². The quantitative estimate of drug-likeness (QED) is 0.184. The highest BCUT2D eigenvalue weighted by atomic mass is 19.4. The van der Waals surface area contributed by atoms with E-state index in [1.54, 1.807) is 18.2 Å². The summed E-state index contributed by atoms with van der Waals surface area (Å²) in [7, 11) is 1.87. The lowest BCUT2D eigenvalue weighted by Gasteiger charge is -2.34. The minimum atomic E-state index is -5.15. The molecule has 1 amide bonds. The Morgan fingerprint density at radius 1 is 0.705 bits per heavy atom. The Kier molecular flexibility index (Phi) is 10.6. The molecule has 0 aliphatic heterocycles. The molecule has 4 rings (SSSR count). The molecule has 230 valence electrons. The van der Waals surface area contributed by atoms with Crippen LogP contribution in [0.15, 0.2) is 109 Å².